The zero-order valence-corrected chi connectivity index (χ0v) is 16.3. The van der Waals surface area contributed by atoms with Crippen molar-refractivity contribution in [3.63, 3.8) is 0 Å². The van der Waals surface area contributed by atoms with Gasteiger partial charge in [0.25, 0.3) is 0 Å². The fourth-order valence-electron chi connectivity index (χ4n) is 5.06. The Balaban J connectivity index is 1.31. The van der Waals surface area contributed by atoms with Crippen molar-refractivity contribution >= 4 is 17.5 Å². The first-order valence-electron chi connectivity index (χ1n) is 10.1. The van der Waals surface area contributed by atoms with Crippen LogP contribution in [0.15, 0.2) is 24.3 Å². The second kappa shape index (κ2) is 6.62. The predicted octanol–water partition coefficient (Wildman–Crippen LogP) is 3.71. The topological polar surface area (TPSA) is 51.0 Å². The maximum atomic E-state index is 13.4. The van der Waals surface area contributed by atoms with Gasteiger partial charge < -0.3 is 9.47 Å². The molecular formula is C21H25ClN4O. The molecule has 0 unspecified atom stereocenters. The highest BCUT2D eigenvalue weighted by molar-refractivity contribution is 6.30. The van der Waals surface area contributed by atoms with Crippen molar-refractivity contribution in [3.8, 4) is 0 Å². The summed E-state index contributed by atoms with van der Waals surface area (Å²) in [5.74, 6) is 3.00. The first-order chi connectivity index (χ1) is 13.2. The zero-order valence-electron chi connectivity index (χ0n) is 15.5. The first kappa shape index (κ1) is 17.2. The molecule has 2 aromatic rings. The molecule has 1 amide bonds. The molecule has 0 atom stereocenters. The van der Waals surface area contributed by atoms with E-state index in [0.29, 0.717) is 16.8 Å². The van der Waals surface area contributed by atoms with Crippen LogP contribution in [0.4, 0.5) is 0 Å². The van der Waals surface area contributed by atoms with Crippen LogP contribution >= 0.6 is 11.6 Å². The Morgan fingerprint density at radius 1 is 1.11 bits per heavy atom. The van der Waals surface area contributed by atoms with Gasteiger partial charge in [0.2, 0.25) is 5.91 Å². The van der Waals surface area contributed by atoms with Crippen molar-refractivity contribution in [2.75, 3.05) is 13.1 Å². The van der Waals surface area contributed by atoms with Crippen molar-refractivity contribution < 1.29 is 4.79 Å². The minimum Gasteiger partial charge on any atom is -0.342 e. The molecule has 2 aliphatic heterocycles. The van der Waals surface area contributed by atoms with E-state index in [2.05, 4.69) is 25.7 Å². The Bertz CT molecular complexity index is 865. The molecule has 142 valence electrons. The number of hydrogen-bond donors (Lipinski definition) is 0. The van der Waals surface area contributed by atoms with Crippen molar-refractivity contribution in [1.82, 2.24) is 19.7 Å². The van der Waals surface area contributed by atoms with Crippen molar-refractivity contribution in [2.45, 2.75) is 62.8 Å². The number of rotatable bonds is 3. The normalized spacial score (nSPS) is 21.7. The number of piperidine rings is 1. The van der Waals surface area contributed by atoms with Crippen LogP contribution in [0.3, 0.4) is 0 Å². The third kappa shape index (κ3) is 2.78. The number of carbonyl (C=O) groups is 1. The third-order valence-corrected chi connectivity index (χ3v) is 7.01. The lowest BCUT2D eigenvalue weighted by molar-refractivity contribution is -0.142. The van der Waals surface area contributed by atoms with Crippen molar-refractivity contribution in [2.24, 2.45) is 0 Å². The Kier molecular flexibility index (Phi) is 4.23. The van der Waals surface area contributed by atoms with E-state index in [1.165, 1.54) is 6.42 Å². The van der Waals surface area contributed by atoms with Crippen LogP contribution in [-0.4, -0.2) is 38.7 Å². The highest BCUT2D eigenvalue weighted by Crippen LogP contribution is 2.46. The van der Waals surface area contributed by atoms with E-state index in [1.54, 1.807) is 0 Å². The summed E-state index contributed by atoms with van der Waals surface area (Å²) in [5, 5.41) is 9.53. The Hall–Kier alpha value is -1.88. The number of benzene rings is 1. The molecule has 1 saturated heterocycles. The van der Waals surface area contributed by atoms with Gasteiger partial charge in [-0.3, -0.25) is 4.79 Å². The van der Waals surface area contributed by atoms with Crippen LogP contribution < -0.4 is 0 Å². The van der Waals surface area contributed by atoms with E-state index in [4.69, 9.17) is 11.6 Å². The first-order valence-corrected chi connectivity index (χ1v) is 10.5. The van der Waals surface area contributed by atoms with Gasteiger partial charge in [-0.2, -0.15) is 0 Å². The quantitative estimate of drug-likeness (QED) is 0.810. The summed E-state index contributed by atoms with van der Waals surface area (Å²) in [5.41, 5.74) is 0.733. The van der Waals surface area contributed by atoms with Crippen LogP contribution in [-0.2, 0) is 23.2 Å². The van der Waals surface area contributed by atoms with Crippen LogP contribution in [0.5, 0.6) is 0 Å². The van der Waals surface area contributed by atoms with Crippen LogP contribution in [0, 0.1) is 0 Å². The molecule has 0 radical (unpaired) electrons. The van der Waals surface area contributed by atoms with Gasteiger partial charge in [0.1, 0.15) is 11.6 Å². The lowest BCUT2D eigenvalue weighted by atomic mass is 9.63. The Labute approximate surface area is 164 Å². The second-order valence-corrected chi connectivity index (χ2v) is 8.68. The summed E-state index contributed by atoms with van der Waals surface area (Å²) < 4.78 is 2.31. The lowest BCUT2D eigenvalue weighted by Crippen LogP contribution is -2.53. The van der Waals surface area contributed by atoms with E-state index in [0.717, 1.165) is 75.4 Å². The Morgan fingerprint density at radius 3 is 2.63 bits per heavy atom. The minimum atomic E-state index is -0.353. The van der Waals surface area contributed by atoms with Crippen LogP contribution in [0.1, 0.15) is 61.7 Å². The van der Waals surface area contributed by atoms with E-state index in [-0.39, 0.29) is 5.41 Å². The molecular weight excluding hydrogens is 360 g/mol. The molecule has 3 aliphatic rings. The summed E-state index contributed by atoms with van der Waals surface area (Å²) in [6.07, 6.45) is 7.17. The van der Waals surface area contributed by atoms with Gasteiger partial charge in [-0.05, 0) is 49.8 Å². The Morgan fingerprint density at radius 2 is 1.93 bits per heavy atom. The highest BCUT2D eigenvalue weighted by atomic mass is 35.5. The SMILES string of the molecule is O=C(N1CCC(c2nnc3n2CCC3)CC1)C1(c2cccc(Cl)c2)CCC1. The van der Waals surface area contributed by atoms with E-state index >= 15 is 0 Å². The number of fused-ring (bicyclic) bond motifs is 1. The number of likely N-dealkylation sites (tertiary alicyclic amines) is 1. The summed E-state index contributed by atoms with van der Waals surface area (Å²) in [4.78, 5) is 15.5. The van der Waals surface area contributed by atoms with Gasteiger partial charge in [0, 0.05) is 37.0 Å². The van der Waals surface area contributed by atoms with Gasteiger partial charge in [0.15, 0.2) is 0 Å². The number of carbonyl (C=O) groups excluding carboxylic acids is 1. The van der Waals surface area contributed by atoms with Gasteiger partial charge >= 0.3 is 0 Å². The average molecular weight is 385 g/mol. The molecule has 6 heteroatoms. The number of halogens is 1. The van der Waals surface area contributed by atoms with Crippen molar-refractivity contribution in [1.29, 1.82) is 0 Å². The second-order valence-electron chi connectivity index (χ2n) is 8.24. The van der Waals surface area contributed by atoms with Gasteiger partial charge in [0.05, 0.1) is 5.41 Å². The number of amides is 1. The summed E-state index contributed by atoms with van der Waals surface area (Å²) in [6, 6.07) is 7.88. The number of hydrogen-bond acceptors (Lipinski definition) is 3. The van der Waals surface area contributed by atoms with Gasteiger partial charge in [-0.1, -0.05) is 30.2 Å². The maximum absolute atomic E-state index is 13.4. The van der Waals surface area contributed by atoms with Crippen molar-refractivity contribution in [3.05, 3.63) is 46.5 Å². The fraction of sp³-hybridized carbons (Fsp3) is 0.571. The number of aromatic nitrogens is 3. The molecule has 1 aliphatic carbocycles. The van der Waals surface area contributed by atoms with E-state index in [1.807, 2.05) is 18.2 Å². The van der Waals surface area contributed by atoms with Crippen LogP contribution in [0.25, 0.3) is 0 Å². The summed E-state index contributed by atoms with van der Waals surface area (Å²) >= 11 is 6.20. The molecule has 1 saturated carbocycles. The maximum Gasteiger partial charge on any atom is 0.233 e. The molecule has 5 nitrogen and oxygen atoms in total. The van der Waals surface area contributed by atoms with Crippen LogP contribution in [0.2, 0.25) is 5.02 Å². The molecule has 1 aromatic heterocycles. The van der Waals surface area contributed by atoms with Gasteiger partial charge in [-0.15, -0.1) is 10.2 Å². The zero-order chi connectivity index (χ0) is 18.4. The van der Waals surface area contributed by atoms with E-state index < -0.39 is 0 Å². The monoisotopic (exact) mass is 384 g/mol. The molecule has 3 heterocycles. The predicted molar refractivity (Wildman–Crippen MR) is 104 cm³/mol. The molecule has 0 bridgehead atoms. The summed E-state index contributed by atoms with van der Waals surface area (Å²) in [7, 11) is 0. The average Bonchev–Trinajstić information content (AvgIpc) is 3.24. The molecule has 0 N–H and O–H groups in total. The fourth-order valence-corrected chi connectivity index (χ4v) is 5.25. The summed E-state index contributed by atoms with van der Waals surface area (Å²) in [6.45, 7) is 2.68. The molecule has 5 rings (SSSR count). The smallest absolute Gasteiger partial charge is 0.233 e. The standard InChI is InChI=1S/C21H25ClN4O/c22-17-5-1-4-16(14-17)21(9-3-10-21)20(27)25-12-7-15(8-13-25)19-24-23-18-6-2-11-26(18)19/h1,4-5,14-15H,2-3,6-13H2. The molecule has 2 fully saturated rings. The minimum absolute atomic E-state index is 0.293. The number of aryl methyl sites for hydroxylation is 1. The largest absolute Gasteiger partial charge is 0.342 e. The molecule has 0 spiro atoms. The third-order valence-electron chi connectivity index (χ3n) is 6.78. The van der Waals surface area contributed by atoms with E-state index in [9.17, 15) is 4.79 Å². The van der Waals surface area contributed by atoms with Gasteiger partial charge in [-0.25, -0.2) is 0 Å². The molecule has 1 aromatic carbocycles. The highest BCUT2D eigenvalue weighted by Gasteiger charge is 2.48. The lowest BCUT2D eigenvalue weighted by Gasteiger charge is -2.45. The molecule has 27 heavy (non-hydrogen) atoms. The number of nitrogens with zero attached hydrogens (tertiary/aromatic N) is 4.